The SMILES string of the molecule is CCOC(=O)C(C#N)c1nc(Cl)ccc1[N+](=O)[O-]. The zero-order valence-electron chi connectivity index (χ0n) is 9.29. The Labute approximate surface area is 107 Å². The van der Waals surface area contributed by atoms with E-state index in [1.54, 1.807) is 13.0 Å². The van der Waals surface area contributed by atoms with Gasteiger partial charge in [-0.05, 0) is 13.0 Å². The first-order valence-corrected chi connectivity index (χ1v) is 5.26. The molecule has 7 nitrogen and oxygen atoms in total. The third kappa shape index (κ3) is 2.93. The van der Waals surface area contributed by atoms with Gasteiger partial charge in [0.25, 0.3) is 5.69 Å². The van der Waals surface area contributed by atoms with Crippen LogP contribution < -0.4 is 0 Å². The summed E-state index contributed by atoms with van der Waals surface area (Å²) in [7, 11) is 0. The summed E-state index contributed by atoms with van der Waals surface area (Å²) in [6.45, 7) is 1.62. The molecule has 0 aliphatic heterocycles. The highest BCUT2D eigenvalue weighted by Crippen LogP contribution is 2.27. The number of carbonyl (C=O) groups excluding carboxylic acids is 1. The number of hydrogen-bond acceptors (Lipinski definition) is 6. The highest BCUT2D eigenvalue weighted by molar-refractivity contribution is 6.29. The highest BCUT2D eigenvalue weighted by atomic mass is 35.5. The predicted molar refractivity (Wildman–Crippen MR) is 60.9 cm³/mol. The van der Waals surface area contributed by atoms with Crippen molar-refractivity contribution in [2.24, 2.45) is 0 Å². The van der Waals surface area contributed by atoms with Crippen molar-refractivity contribution in [1.29, 1.82) is 5.26 Å². The van der Waals surface area contributed by atoms with E-state index in [2.05, 4.69) is 9.72 Å². The lowest BCUT2D eigenvalue weighted by atomic mass is 10.1. The molecule has 1 aromatic rings. The predicted octanol–water partition coefficient (Wildman–Crippen LogP) is 1.81. The average Bonchev–Trinajstić information content (AvgIpc) is 2.30. The van der Waals surface area contributed by atoms with Crippen LogP contribution in [0, 0.1) is 21.4 Å². The zero-order chi connectivity index (χ0) is 13.7. The van der Waals surface area contributed by atoms with Crippen molar-refractivity contribution in [3.63, 3.8) is 0 Å². The Hall–Kier alpha value is -2.20. The van der Waals surface area contributed by atoms with Gasteiger partial charge < -0.3 is 4.74 Å². The molecule has 0 aliphatic carbocycles. The van der Waals surface area contributed by atoms with E-state index in [9.17, 15) is 14.9 Å². The van der Waals surface area contributed by atoms with Crippen molar-refractivity contribution >= 4 is 23.3 Å². The fourth-order valence-electron chi connectivity index (χ4n) is 1.26. The largest absolute Gasteiger partial charge is 0.465 e. The van der Waals surface area contributed by atoms with E-state index in [1.165, 1.54) is 6.07 Å². The second-order valence-electron chi connectivity index (χ2n) is 3.11. The summed E-state index contributed by atoms with van der Waals surface area (Å²) in [4.78, 5) is 25.2. The van der Waals surface area contributed by atoms with E-state index in [0.717, 1.165) is 6.07 Å². The maximum Gasteiger partial charge on any atom is 0.329 e. The monoisotopic (exact) mass is 269 g/mol. The third-order valence-electron chi connectivity index (χ3n) is 1.99. The van der Waals surface area contributed by atoms with Crippen molar-refractivity contribution in [2.75, 3.05) is 6.61 Å². The normalized spacial score (nSPS) is 11.4. The molecule has 94 valence electrons. The molecule has 0 saturated heterocycles. The molecule has 0 fully saturated rings. The fraction of sp³-hybridized carbons (Fsp3) is 0.300. The van der Waals surface area contributed by atoms with Gasteiger partial charge in [-0.3, -0.25) is 14.9 Å². The first-order valence-electron chi connectivity index (χ1n) is 4.88. The maximum absolute atomic E-state index is 11.5. The van der Waals surface area contributed by atoms with Gasteiger partial charge >= 0.3 is 5.97 Å². The van der Waals surface area contributed by atoms with Gasteiger partial charge in [-0.25, -0.2) is 4.98 Å². The number of hydrogen-bond donors (Lipinski definition) is 0. The van der Waals surface area contributed by atoms with Crippen LogP contribution in [0.4, 0.5) is 5.69 Å². The van der Waals surface area contributed by atoms with Gasteiger partial charge in [0.15, 0.2) is 5.92 Å². The second kappa shape index (κ2) is 5.93. The zero-order valence-corrected chi connectivity index (χ0v) is 10.0. The lowest BCUT2D eigenvalue weighted by Gasteiger charge is -2.08. The first-order chi connectivity index (χ1) is 8.51. The minimum Gasteiger partial charge on any atom is -0.465 e. The van der Waals surface area contributed by atoms with Crippen LogP contribution in [-0.2, 0) is 9.53 Å². The van der Waals surface area contributed by atoms with Crippen LogP contribution in [0.3, 0.4) is 0 Å². The van der Waals surface area contributed by atoms with Crippen LogP contribution in [0.2, 0.25) is 5.15 Å². The Morgan fingerprint density at radius 2 is 2.39 bits per heavy atom. The van der Waals surface area contributed by atoms with E-state index in [0.29, 0.717) is 0 Å². The summed E-state index contributed by atoms with van der Waals surface area (Å²) < 4.78 is 4.66. The van der Waals surface area contributed by atoms with Crippen LogP contribution in [0.5, 0.6) is 0 Å². The number of pyridine rings is 1. The molecule has 1 atom stereocenters. The Morgan fingerprint density at radius 3 is 2.89 bits per heavy atom. The summed E-state index contributed by atoms with van der Waals surface area (Å²) in [5.41, 5.74) is -0.757. The summed E-state index contributed by atoms with van der Waals surface area (Å²) in [5, 5.41) is 19.7. The third-order valence-corrected chi connectivity index (χ3v) is 2.20. The summed E-state index contributed by atoms with van der Waals surface area (Å²) in [5.74, 6) is -2.36. The molecule has 0 radical (unpaired) electrons. The Balaban J connectivity index is 3.28. The van der Waals surface area contributed by atoms with Crippen LogP contribution in [0.25, 0.3) is 0 Å². The van der Waals surface area contributed by atoms with Crippen molar-refractivity contribution in [1.82, 2.24) is 4.98 Å². The number of rotatable bonds is 4. The van der Waals surface area contributed by atoms with Crippen molar-refractivity contribution in [2.45, 2.75) is 12.8 Å². The summed E-state index contributed by atoms with van der Waals surface area (Å²) >= 11 is 5.61. The topological polar surface area (TPSA) is 106 Å². The Bertz CT molecular complexity index is 526. The van der Waals surface area contributed by atoms with Gasteiger partial charge in [0.2, 0.25) is 0 Å². The molecule has 1 heterocycles. The Kier molecular flexibility index (Phi) is 4.57. The standard InChI is InChI=1S/C10H8ClN3O4/c1-2-18-10(15)6(5-12)9-7(14(16)17)3-4-8(11)13-9/h3-4,6H,2H2,1H3. The van der Waals surface area contributed by atoms with E-state index in [4.69, 9.17) is 16.9 Å². The van der Waals surface area contributed by atoms with Gasteiger partial charge in [-0.1, -0.05) is 11.6 Å². The lowest BCUT2D eigenvalue weighted by Crippen LogP contribution is -2.17. The number of nitriles is 1. The minimum atomic E-state index is -1.47. The van der Waals surface area contributed by atoms with Gasteiger partial charge in [0.05, 0.1) is 17.6 Å². The first kappa shape index (κ1) is 13.9. The fourth-order valence-corrected chi connectivity index (χ4v) is 1.41. The van der Waals surface area contributed by atoms with Gasteiger partial charge in [0.1, 0.15) is 10.8 Å². The molecule has 1 rings (SSSR count). The van der Waals surface area contributed by atoms with Crippen molar-refractivity contribution in [3.05, 3.63) is 33.1 Å². The quantitative estimate of drug-likeness (QED) is 0.357. The molecular weight excluding hydrogens is 262 g/mol. The number of aromatic nitrogens is 1. The Morgan fingerprint density at radius 1 is 1.72 bits per heavy atom. The van der Waals surface area contributed by atoms with Crippen LogP contribution in [0.1, 0.15) is 18.5 Å². The van der Waals surface area contributed by atoms with E-state index in [-0.39, 0.29) is 17.5 Å². The highest BCUT2D eigenvalue weighted by Gasteiger charge is 2.31. The number of esters is 1. The number of carbonyl (C=O) groups is 1. The van der Waals surface area contributed by atoms with E-state index >= 15 is 0 Å². The molecule has 0 bridgehead atoms. The molecular formula is C10H8ClN3O4. The average molecular weight is 270 g/mol. The van der Waals surface area contributed by atoms with Crippen LogP contribution in [0.15, 0.2) is 12.1 Å². The van der Waals surface area contributed by atoms with Crippen molar-refractivity contribution in [3.8, 4) is 6.07 Å². The van der Waals surface area contributed by atoms with Crippen LogP contribution in [-0.4, -0.2) is 22.5 Å². The summed E-state index contributed by atoms with van der Waals surface area (Å²) in [6.07, 6.45) is 0. The van der Waals surface area contributed by atoms with E-state index < -0.39 is 22.5 Å². The molecule has 18 heavy (non-hydrogen) atoms. The van der Waals surface area contributed by atoms with Gasteiger partial charge in [-0.15, -0.1) is 0 Å². The summed E-state index contributed by atoms with van der Waals surface area (Å²) in [6, 6.07) is 3.93. The smallest absolute Gasteiger partial charge is 0.329 e. The molecule has 0 aliphatic rings. The lowest BCUT2D eigenvalue weighted by molar-refractivity contribution is -0.386. The molecule has 0 saturated carbocycles. The second-order valence-corrected chi connectivity index (χ2v) is 3.50. The molecule has 8 heteroatoms. The molecule has 0 amide bonds. The minimum absolute atomic E-state index is 0.0415. The number of nitro groups is 1. The molecule has 0 N–H and O–H groups in total. The number of nitrogens with zero attached hydrogens (tertiary/aromatic N) is 3. The molecule has 0 spiro atoms. The molecule has 0 aromatic carbocycles. The molecule has 1 unspecified atom stereocenters. The maximum atomic E-state index is 11.5. The molecule has 1 aromatic heterocycles. The van der Waals surface area contributed by atoms with Crippen LogP contribution >= 0.6 is 11.6 Å². The van der Waals surface area contributed by atoms with Gasteiger partial charge in [-0.2, -0.15) is 5.26 Å². The number of halogens is 1. The van der Waals surface area contributed by atoms with Crippen molar-refractivity contribution < 1.29 is 14.5 Å². The van der Waals surface area contributed by atoms with E-state index in [1.807, 2.05) is 0 Å². The van der Waals surface area contributed by atoms with Gasteiger partial charge in [0, 0.05) is 6.07 Å². The number of ether oxygens (including phenoxy) is 1.